The van der Waals surface area contributed by atoms with Gasteiger partial charge in [-0.3, -0.25) is 4.48 Å². The van der Waals surface area contributed by atoms with Crippen LogP contribution in [0.4, 0.5) is 8.87 Å². The van der Waals surface area contributed by atoms with Crippen LogP contribution in [0, 0.1) is 11.8 Å². The minimum Gasteiger partial charge on any atom is -0.406 e. The van der Waals surface area contributed by atoms with Gasteiger partial charge in [-0.15, -0.1) is 15.6 Å². The topological polar surface area (TPSA) is 16.8 Å². The molecule has 3 saturated heterocycles. The summed E-state index contributed by atoms with van der Waals surface area (Å²) in [4.78, 5) is 3.99. The quantitative estimate of drug-likeness (QED) is 0.0461. The van der Waals surface area contributed by atoms with Crippen LogP contribution in [0.15, 0.2) is 140 Å². The van der Waals surface area contributed by atoms with Gasteiger partial charge in [-0.25, -0.2) is 9.37 Å². The Morgan fingerprint density at radius 3 is 1.71 bits per heavy atom. The highest BCUT2D eigenvalue weighted by atomic mass is 35.5. The molecule has 5 aromatic rings. The summed E-state index contributed by atoms with van der Waals surface area (Å²) in [6, 6.07) is 42.6. The Hall–Kier alpha value is -4.61. The zero-order chi connectivity index (χ0) is 33.5. The zero-order valence-corrected chi connectivity index (χ0v) is 28.0. The van der Waals surface area contributed by atoms with Crippen LogP contribution in [0.1, 0.15) is 46.2 Å². The maximum absolute atomic E-state index is 16.0. The molecule has 2 bridgehead atoms. The Morgan fingerprint density at radius 1 is 0.706 bits per heavy atom. The van der Waals surface area contributed by atoms with E-state index in [4.69, 9.17) is 11.6 Å². The Labute approximate surface area is 309 Å². The van der Waals surface area contributed by atoms with E-state index in [1.165, 1.54) is 0 Å². The molecule has 0 amide bonds. The van der Waals surface area contributed by atoms with Gasteiger partial charge in [0.05, 0.1) is 0 Å². The number of quaternary nitrogens is 2. The molecule has 4 aliphatic rings. The molecule has 0 N–H and O–H groups in total. The summed E-state index contributed by atoms with van der Waals surface area (Å²) >= 11 is 5.85. The third-order valence-electron chi connectivity index (χ3n) is 9.93. The van der Waals surface area contributed by atoms with Crippen molar-refractivity contribution in [2.75, 3.05) is 45.3 Å². The van der Waals surface area contributed by atoms with Gasteiger partial charge in [0.1, 0.15) is 31.5 Å². The molecule has 3 aromatic carbocycles. The monoisotopic (exact) mass is 708 g/mol. The van der Waals surface area contributed by atoms with Crippen LogP contribution < -0.4 is 15.4 Å². The zero-order valence-electron chi connectivity index (χ0n) is 27.2. The lowest BCUT2D eigenvalue weighted by atomic mass is 9.23. The second-order valence-electron chi connectivity index (χ2n) is 12.7. The lowest BCUT2D eigenvalue weighted by molar-refractivity contribution is -1.15. The first-order chi connectivity index (χ1) is 23.4. The summed E-state index contributed by atoms with van der Waals surface area (Å²) < 4.78 is 32.4. The molecule has 9 rings (SSSR count). The van der Waals surface area contributed by atoms with Gasteiger partial charge in [0.25, 0.3) is 0 Å². The first-order valence-corrected chi connectivity index (χ1v) is 17.0. The number of hydrogen-bond donors (Lipinski definition) is 0. The fraction of sp³-hybridized carbons (Fsp3) is 0.256. The summed E-state index contributed by atoms with van der Waals surface area (Å²) in [6.07, 6.45) is 2.05. The van der Waals surface area contributed by atoms with E-state index in [9.17, 15) is 4.48 Å². The van der Waals surface area contributed by atoms with E-state index < -0.39 is 6.28 Å². The minimum atomic E-state index is -1.69. The molecule has 0 radical (unpaired) electrons. The van der Waals surface area contributed by atoms with E-state index in [0.717, 1.165) is 51.8 Å². The van der Waals surface area contributed by atoms with Crippen LogP contribution in [0.5, 0.6) is 0 Å². The highest BCUT2D eigenvalue weighted by Crippen LogP contribution is 2.37. The molecule has 0 aliphatic carbocycles. The van der Waals surface area contributed by atoms with Crippen molar-refractivity contribution in [1.29, 1.82) is 0 Å². The van der Waals surface area contributed by atoms with E-state index in [0.29, 0.717) is 31.3 Å². The van der Waals surface area contributed by atoms with Crippen LogP contribution in [0.3, 0.4) is 0 Å². The molecule has 0 spiro atoms. The molecule has 4 aliphatic heterocycles. The Balaban J connectivity index is 0.000000252. The van der Waals surface area contributed by atoms with Gasteiger partial charge >= 0.3 is 6.28 Å². The Bertz CT molecular complexity index is 1850. The maximum atomic E-state index is 16.0. The molecule has 8 heteroatoms. The fourth-order valence-corrected chi connectivity index (χ4v) is 7.68. The normalized spacial score (nSPS) is 20.2. The predicted molar refractivity (Wildman–Crippen MR) is 213 cm³/mol. The van der Waals surface area contributed by atoms with Gasteiger partial charge in [0.15, 0.2) is 37.2 Å². The number of benzene rings is 3. The first-order valence-electron chi connectivity index (χ1n) is 16.5. The number of pyridine rings is 2. The summed E-state index contributed by atoms with van der Waals surface area (Å²) in [7, 11) is 0. The molecular weight excluding hydrogens is 657 g/mol. The van der Waals surface area contributed by atoms with E-state index in [1.54, 1.807) is 13.1 Å². The molecular formula is C43H52BClF2N4+2. The van der Waals surface area contributed by atoms with Crippen molar-refractivity contribution in [1.82, 2.24) is 4.98 Å². The average Bonchev–Trinajstić information content (AvgIpc) is 3.43. The van der Waals surface area contributed by atoms with Crippen molar-refractivity contribution < 1.29 is 22.5 Å². The molecule has 266 valence electrons. The molecule has 3 fully saturated rings. The van der Waals surface area contributed by atoms with Crippen LogP contribution in [0.2, 0.25) is 0 Å². The number of alkyl halides is 1. The second kappa shape index (κ2) is 18.1. The van der Waals surface area contributed by atoms with E-state index >= 15 is 4.39 Å². The van der Waals surface area contributed by atoms with Crippen molar-refractivity contribution in [2.45, 2.75) is 29.2 Å². The number of rotatable bonds is 4. The molecule has 51 heavy (non-hydrogen) atoms. The third-order valence-corrected chi connectivity index (χ3v) is 10.4. The van der Waals surface area contributed by atoms with Crippen molar-refractivity contribution in [3.8, 4) is 11.8 Å². The van der Waals surface area contributed by atoms with Crippen molar-refractivity contribution in [3.05, 3.63) is 157 Å². The average molecular weight is 709 g/mol. The Kier molecular flexibility index (Phi) is 14.5. The summed E-state index contributed by atoms with van der Waals surface area (Å²) in [5.41, 5.74) is 5.30. The smallest absolute Gasteiger partial charge is 0.364 e. The number of fused-ring (bicyclic) bond motifs is 4. The number of piperazine rings is 3. The largest absolute Gasteiger partial charge is 0.406 e. The Morgan fingerprint density at radius 2 is 1.22 bits per heavy atom. The minimum absolute atomic E-state index is 0. The lowest BCUT2D eigenvalue weighted by Gasteiger charge is -2.48. The fourth-order valence-electron chi connectivity index (χ4n) is 7.32. The van der Waals surface area contributed by atoms with Crippen molar-refractivity contribution >= 4 is 40.1 Å². The molecule has 4 nitrogen and oxygen atoms in total. The molecule has 0 unspecified atom stereocenters. The van der Waals surface area contributed by atoms with E-state index in [2.05, 4.69) is 45.6 Å². The van der Waals surface area contributed by atoms with E-state index in [1.807, 2.05) is 109 Å². The number of nitrogens with zero attached hydrogens (tertiary/aromatic N) is 4. The molecule has 0 atom stereocenters. The maximum Gasteiger partial charge on any atom is 0.364 e. The second-order valence-corrected chi connectivity index (χ2v) is 12.9. The van der Waals surface area contributed by atoms with Gasteiger partial charge in [-0.2, -0.15) is 0 Å². The highest BCUT2D eigenvalue weighted by molar-refractivity contribution is 7.10. The van der Waals surface area contributed by atoms with Crippen molar-refractivity contribution in [2.24, 2.45) is 0 Å². The number of halogens is 3. The summed E-state index contributed by atoms with van der Waals surface area (Å²) in [6.45, 7) is 6.61. The predicted octanol–water partition coefficient (Wildman–Crippen LogP) is 8.06. The first kappa shape index (κ1) is 40.8. The SMILES string of the molecule is C.C.C.CC#Cc1ccccn1.FC1=C(c2ccccc2)[B-](c2ccccc2)(c2ccccc2)[n+]2ccccc21.F[N+]12CC[N+](CCl)(CC1)CC2. The highest BCUT2D eigenvalue weighted by Gasteiger charge is 2.52. The van der Waals surface area contributed by atoms with Crippen LogP contribution >= 0.6 is 11.6 Å². The van der Waals surface area contributed by atoms with Crippen LogP contribution in [-0.2, 0) is 0 Å². The van der Waals surface area contributed by atoms with Gasteiger partial charge in [0.2, 0.25) is 0 Å². The molecule has 2 aromatic heterocycles. The molecule has 0 saturated carbocycles. The molecule has 6 heterocycles. The van der Waals surface area contributed by atoms with Crippen LogP contribution in [0.25, 0.3) is 11.3 Å². The van der Waals surface area contributed by atoms with Gasteiger partial charge in [-0.1, -0.05) is 154 Å². The van der Waals surface area contributed by atoms with E-state index in [-0.39, 0.29) is 32.8 Å². The number of hydrogen-bond acceptors (Lipinski definition) is 1. The van der Waals surface area contributed by atoms with Crippen molar-refractivity contribution in [3.63, 3.8) is 0 Å². The van der Waals surface area contributed by atoms with Gasteiger partial charge in [0, 0.05) is 12.3 Å². The number of aromatic nitrogens is 2. The van der Waals surface area contributed by atoms with Crippen LogP contribution in [-0.4, -0.2) is 65.7 Å². The lowest BCUT2D eigenvalue weighted by Crippen LogP contribution is -2.78. The summed E-state index contributed by atoms with van der Waals surface area (Å²) in [5, 5.41) is 0. The van der Waals surface area contributed by atoms with Gasteiger partial charge < -0.3 is 4.48 Å². The third kappa shape index (κ3) is 8.31. The summed E-state index contributed by atoms with van der Waals surface area (Å²) in [5.74, 6) is 5.46. The standard InChI is InChI=1S/C25H19BFN.C8H7N.C7H14ClFN2.3CH4/c27-25-23-18-10-11-19-28(23)26(21-14-6-2-7-15-21,22-16-8-3-9-17-22)24(25)20-12-4-1-5-13-20;1-2-5-8-6-3-4-7-9-8;8-7-10-1-4-11(9,5-2-10)6-3-10;;;/h1-19H;3-4,6-7H,1H3;1-7H2;3*1H4/q;;+2;;;. The van der Waals surface area contributed by atoms with Gasteiger partial charge in [-0.05, 0) is 35.5 Å².